The van der Waals surface area contributed by atoms with Crippen LogP contribution in [0.1, 0.15) is 17.2 Å². The number of hydrogen-bond acceptors (Lipinski definition) is 2. The molecule has 0 amide bonds. The maximum Gasteiger partial charge on any atom is 0.0950 e. The Morgan fingerprint density at radius 1 is 1.14 bits per heavy atom. The first kappa shape index (κ1) is 9.03. The monoisotopic (exact) mass is 187 g/mol. The quantitative estimate of drug-likeness (QED) is 0.801. The summed E-state index contributed by atoms with van der Waals surface area (Å²) in [7, 11) is 0. The normalized spacial score (nSPS) is 12.6. The number of rotatable bonds is 3. The van der Waals surface area contributed by atoms with Gasteiger partial charge in [-0.15, -0.1) is 0 Å². The molecular formula is C12H13NO. The summed E-state index contributed by atoms with van der Waals surface area (Å²) in [4.78, 5) is 0. The van der Waals surface area contributed by atoms with Crippen molar-refractivity contribution in [3.63, 3.8) is 0 Å². The first-order chi connectivity index (χ1) is 6.86. The van der Waals surface area contributed by atoms with E-state index in [0.717, 1.165) is 12.0 Å². The molecule has 14 heavy (non-hydrogen) atoms. The number of benzene rings is 1. The van der Waals surface area contributed by atoms with E-state index in [4.69, 9.17) is 10.2 Å². The largest absolute Gasteiger partial charge is 0.472 e. The van der Waals surface area contributed by atoms with Gasteiger partial charge < -0.3 is 10.2 Å². The molecule has 0 aliphatic heterocycles. The fraction of sp³-hybridized carbons (Fsp3) is 0.167. The fourth-order valence-corrected chi connectivity index (χ4v) is 1.47. The molecule has 1 heterocycles. The van der Waals surface area contributed by atoms with E-state index < -0.39 is 0 Å². The smallest absolute Gasteiger partial charge is 0.0950 e. The van der Waals surface area contributed by atoms with E-state index in [1.807, 2.05) is 24.3 Å². The van der Waals surface area contributed by atoms with Crippen molar-refractivity contribution >= 4 is 0 Å². The second-order valence-electron chi connectivity index (χ2n) is 3.35. The van der Waals surface area contributed by atoms with Gasteiger partial charge in [-0.25, -0.2) is 0 Å². The van der Waals surface area contributed by atoms with Crippen molar-refractivity contribution in [1.29, 1.82) is 0 Å². The maximum atomic E-state index is 6.01. The molecule has 1 aromatic heterocycles. The minimum atomic E-state index is 0.0242. The summed E-state index contributed by atoms with van der Waals surface area (Å²) in [5.41, 5.74) is 8.31. The Hall–Kier alpha value is -1.54. The van der Waals surface area contributed by atoms with Crippen LogP contribution in [-0.2, 0) is 6.42 Å². The molecule has 1 unspecified atom stereocenters. The Bertz CT molecular complexity index is 366. The lowest BCUT2D eigenvalue weighted by molar-refractivity contribution is 0.558. The highest BCUT2D eigenvalue weighted by Gasteiger charge is 2.07. The van der Waals surface area contributed by atoms with Gasteiger partial charge in [0.15, 0.2) is 0 Å². The molecule has 2 aromatic rings. The topological polar surface area (TPSA) is 39.2 Å². The third kappa shape index (κ3) is 2.03. The fourth-order valence-electron chi connectivity index (χ4n) is 1.47. The molecule has 0 spiro atoms. The molecule has 2 N–H and O–H groups in total. The highest BCUT2D eigenvalue weighted by Crippen LogP contribution is 2.15. The van der Waals surface area contributed by atoms with Crippen molar-refractivity contribution in [3.8, 4) is 0 Å². The lowest BCUT2D eigenvalue weighted by atomic mass is 10.0. The molecule has 0 aliphatic carbocycles. The molecule has 2 nitrogen and oxygen atoms in total. The van der Waals surface area contributed by atoms with Crippen molar-refractivity contribution in [2.75, 3.05) is 0 Å². The van der Waals surface area contributed by atoms with Gasteiger partial charge in [0.1, 0.15) is 0 Å². The molecule has 0 saturated carbocycles. The minimum absolute atomic E-state index is 0.0242. The van der Waals surface area contributed by atoms with Gasteiger partial charge in [0, 0.05) is 11.6 Å². The third-order valence-electron chi connectivity index (χ3n) is 2.27. The number of nitrogens with two attached hydrogens (primary N) is 1. The van der Waals surface area contributed by atoms with E-state index in [9.17, 15) is 0 Å². The van der Waals surface area contributed by atoms with Crippen LogP contribution in [0.4, 0.5) is 0 Å². The third-order valence-corrected chi connectivity index (χ3v) is 2.27. The first-order valence-corrected chi connectivity index (χ1v) is 4.68. The molecule has 0 saturated heterocycles. The summed E-state index contributed by atoms with van der Waals surface area (Å²) < 4.78 is 4.99. The van der Waals surface area contributed by atoms with Crippen LogP contribution < -0.4 is 5.73 Å². The van der Waals surface area contributed by atoms with Crippen molar-refractivity contribution in [1.82, 2.24) is 0 Å². The second-order valence-corrected chi connectivity index (χ2v) is 3.35. The van der Waals surface area contributed by atoms with Crippen molar-refractivity contribution in [2.45, 2.75) is 12.5 Å². The maximum absolute atomic E-state index is 6.01. The van der Waals surface area contributed by atoms with Crippen molar-refractivity contribution < 1.29 is 4.42 Å². The summed E-state index contributed by atoms with van der Waals surface area (Å²) in [5.74, 6) is 0. The van der Waals surface area contributed by atoms with Gasteiger partial charge in [-0.2, -0.15) is 0 Å². The zero-order chi connectivity index (χ0) is 9.80. The highest BCUT2D eigenvalue weighted by molar-refractivity contribution is 5.20. The Kier molecular flexibility index (Phi) is 2.65. The summed E-state index contributed by atoms with van der Waals surface area (Å²) >= 11 is 0. The highest BCUT2D eigenvalue weighted by atomic mass is 16.3. The summed E-state index contributed by atoms with van der Waals surface area (Å²) in [6.45, 7) is 0. The Morgan fingerprint density at radius 3 is 2.57 bits per heavy atom. The molecule has 72 valence electrons. The molecule has 2 heteroatoms. The molecule has 1 atom stereocenters. The molecule has 1 aromatic carbocycles. The van der Waals surface area contributed by atoms with E-state index in [2.05, 4.69) is 12.1 Å². The van der Waals surface area contributed by atoms with Crippen LogP contribution in [0.15, 0.2) is 53.3 Å². The van der Waals surface area contributed by atoms with Gasteiger partial charge in [-0.1, -0.05) is 30.3 Å². The van der Waals surface area contributed by atoms with E-state index in [-0.39, 0.29) is 6.04 Å². The second kappa shape index (κ2) is 4.11. The lowest BCUT2D eigenvalue weighted by Crippen LogP contribution is -2.12. The molecular weight excluding hydrogens is 174 g/mol. The van der Waals surface area contributed by atoms with Gasteiger partial charge in [0.05, 0.1) is 12.5 Å². The van der Waals surface area contributed by atoms with E-state index >= 15 is 0 Å². The first-order valence-electron chi connectivity index (χ1n) is 4.68. The van der Waals surface area contributed by atoms with Gasteiger partial charge in [-0.3, -0.25) is 0 Å². The average Bonchev–Trinajstić information content (AvgIpc) is 2.72. The van der Waals surface area contributed by atoms with Gasteiger partial charge in [0.2, 0.25) is 0 Å². The van der Waals surface area contributed by atoms with Crippen LogP contribution in [0.2, 0.25) is 0 Å². The Labute approximate surface area is 83.4 Å². The van der Waals surface area contributed by atoms with E-state index in [1.165, 1.54) is 5.56 Å². The molecule has 0 radical (unpaired) electrons. The van der Waals surface area contributed by atoms with Gasteiger partial charge in [0.25, 0.3) is 0 Å². The predicted octanol–water partition coefficient (Wildman–Crippen LogP) is 2.52. The lowest BCUT2D eigenvalue weighted by Gasteiger charge is -2.08. The van der Waals surface area contributed by atoms with Gasteiger partial charge >= 0.3 is 0 Å². The van der Waals surface area contributed by atoms with Crippen LogP contribution in [0.25, 0.3) is 0 Å². The average molecular weight is 187 g/mol. The van der Waals surface area contributed by atoms with Gasteiger partial charge in [-0.05, 0) is 18.1 Å². The zero-order valence-corrected chi connectivity index (χ0v) is 7.89. The summed E-state index contributed by atoms with van der Waals surface area (Å²) in [6.07, 6.45) is 4.20. The van der Waals surface area contributed by atoms with Crippen LogP contribution >= 0.6 is 0 Å². The number of furan rings is 1. The van der Waals surface area contributed by atoms with Crippen molar-refractivity contribution in [2.24, 2.45) is 5.73 Å². The molecule has 0 fully saturated rings. The van der Waals surface area contributed by atoms with Crippen LogP contribution in [0.3, 0.4) is 0 Å². The summed E-state index contributed by atoms with van der Waals surface area (Å²) in [5, 5.41) is 0. The standard InChI is InChI=1S/C12H13NO/c13-12(11-6-7-14-9-11)8-10-4-2-1-3-5-10/h1-7,9,12H,8,13H2. The Balaban J connectivity index is 2.06. The van der Waals surface area contributed by atoms with E-state index in [0.29, 0.717) is 0 Å². The van der Waals surface area contributed by atoms with Crippen LogP contribution in [-0.4, -0.2) is 0 Å². The van der Waals surface area contributed by atoms with Crippen LogP contribution in [0, 0.1) is 0 Å². The minimum Gasteiger partial charge on any atom is -0.472 e. The molecule has 2 rings (SSSR count). The number of hydrogen-bond donors (Lipinski definition) is 1. The Morgan fingerprint density at radius 2 is 1.93 bits per heavy atom. The summed E-state index contributed by atoms with van der Waals surface area (Å²) in [6, 6.07) is 12.2. The van der Waals surface area contributed by atoms with E-state index in [1.54, 1.807) is 12.5 Å². The predicted molar refractivity (Wildman–Crippen MR) is 55.8 cm³/mol. The SMILES string of the molecule is NC(Cc1ccccc1)c1ccoc1. The molecule has 0 aliphatic rings. The van der Waals surface area contributed by atoms with Crippen LogP contribution in [0.5, 0.6) is 0 Å². The zero-order valence-electron chi connectivity index (χ0n) is 7.89. The van der Waals surface area contributed by atoms with Crippen molar-refractivity contribution in [3.05, 3.63) is 60.1 Å². The molecule has 0 bridgehead atoms.